The SMILES string of the molecule is CC(=O)OC[C@H]1OC(=O)[C@H]2CC[C@H]21. The van der Waals surface area contributed by atoms with Gasteiger partial charge in [0.25, 0.3) is 0 Å². The maximum absolute atomic E-state index is 11.1. The van der Waals surface area contributed by atoms with Gasteiger partial charge in [0, 0.05) is 12.8 Å². The summed E-state index contributed by atoms with van der Waals surface area (Å²) in [5.41, 5.74) is 0. The molecule has 4 nitrogen and oxygen atoms in total. The number of cyclic esters (lactones) is 1. The molecule has 1 heterocycles. The summed E-state index contributed by atoms with van der Waals surface area (Å²) in [6, 6.07) is 0. The Morgan fingerprint density at radius 2 is 2.38 bits per heavy atom. The van der Waals surface area contributed by atoms with E-state index in [2.05, 4.69) is 0 Å². The Morgan fingerprint density at radius 1 is 1.62 bits per heavy atom. The van der Waals surface area contributed by atoms with Gasteiger partial charge in [0.15, 0.2) is 0 Å². The lowest BCUT2D eigenvalue weighted by Crippen LogP contribution is -2.33. The number of rotatable bonds is 2. The molecule has 1 aliphatic heterocycles. The number of carbonyl (C=O) groups excluding carboxylic acids is 2. The summed E-state index contributed by atoms with van der Waals surface area (Å²) in [6.45, 7) is 1.58. The summed E-state index contributed by atoms with van der Waals surface area (Å²) >= 11 is 0. The molecule has 1 saturated heterocycles. The lowest BCUT2D eigenvalue weighted by molar-refractivity contribution is -0.152. The first kappa shape index (κ1) is 8.53. The Labute approximate surface area is 76.2 Å². The molecule has 0 spiro atoms. The van der Waals surface area contributed by atoms with Gasteiger partial charge in [0.05, 0.1) is 5.92 Å². The van der Waals surface area contributed by atoms with Crippen LogP contribution in [0, 0.1) is 11.8 Å². The van der Waals surface area contributed by atoms with E-state index in [1.54, 1.807) is 0 Å². The summed E-state index contributed by atoms with van der Waals surface area (Å²) in [4.78, 5) is 21.7. The molecule has 2 aliphatic rings. The molecule has 0 amide bonds. The van der Waals surface area contributed by atoms with E-state index in [9.17, 15) is 9.59 Å². The number of carbonyl (C=O) groups is 2. The number of hydrogen-bond acceptors (Lipinski definition) is 4. The highest BCUT2D eigenvalue weighted by Crippen LogP contribution is 2.44. The quantitative estimate of drug-likeness (QED) is 0.586. The third-order valence-corrected chi connectivity index (χ3v) is 2.83. The van der Waals surface area contributed by atoms with Gasteiger partial charge >= 0.3 is 11.9 Å². The van der Waals surface area contributed by atoms with Gasteiger partial charge in [0.2, 0.25) is 0 Å². The van der Waals surface area contributed by atoms with Crippen LogP contribution in [0.1, 0.15) is 19.8 Å². The van der Waals surface area contributed by atoms with E-state index in [1.807, 2.05) is 0 Å². The molecule has 3 atom stereocenters. The normalized spacial score (nSPS) is 36.1. The number of hydrogen-bond donors (Lipinski definition) is 0. The molecule has 0 radical (unpaired) electrons. The van der Waals surface area contributed by atoms with Crippen LogP contribution in [-0.2, 0) is 19.1 Å². The fourth-order valence-electron chi connectivity index (χ4n) is 1.94. The van der Waals surface area contributed by atoms with Crippen molar-refractivity contribution in [2.75, 3.05) is 6.61 Å². The molecule has 0 aromatic rings. The average Bonchev–Trinajstić information content (AvgIpc) is 2.16. The Morgan fingerprint density at radius 3 is 2.85 bits per heavy atom. The molecule has 4 heteroatoms. The minimum Gasteiger partial charge on any atom is -0.462 e. The fourth-order valence-corrected chi connectivity index (χ4v) is 1.94. The van der Waals surface area contributed by atoms with E-state index < -0.39 is 0 Å². The van der Waals surface area contributed by atoms with Crippen molar-refractivity contribution in [2.24, 2.45) is 11.8 Å². The smallest absolute Gasteiger partial charge is 0.309 e. The first-order valence-electron chi connectivity index (χ1n) is 4.52. The van der Waals surface area contributed by atoms with Crippen LogP contribution < -0.4 is 0 Å². The van der Waals surface area contributed by atoms with E-state index in [0.29, 0.717) is 5.92 Å². The fraction of sp³-hybridized carbons (Fsp3) is 0.778. The molecule has 2 fully saturated rings. The molecule has 72 valence electrons. The highest BCUT2D eigenvalue weighted by Gasteiger charge is 2.50. The number of fused-ring (bicyclic) bond motifs is 1. The van der Waals surface area contributed by atoms with Crippen LogP contribution in [-0.4, -0.2) is 24.6 Å². The Hall–Kier alpha value is -1.06. The first-order valence-corrected chi connectivity index (χ1v) is 4.52. The van der Waals surface area contributed by atoms with E-state index in [4.69, 9.17) is 9.47 Å². The Bertz CT molecular complexity index is 248. The zero-order valence-electron chi connectivity index (χ0n) is 7.49. The Kier molecular flexibility index (Phi) is 1.98. The molecular formula is C9H12O4. The van der Waals surface area contributed by atoms with Crippen LogP contribution in [0.5, 0.6) is 0 Å². The summed E-state index contributed by atoms with van der Waals surface area (Å²) in [5, 5.41) is 0. The molecular weight excluding hydrogens is 172 g/mol. The van der Waals surface area contributed by atoms with Crippen LogP contribution in [0.3, 0.4) is 0 Å². The second kappa shape index (κ2) is 3.01. The minimum atomic E-state index is -0.321. The van der Waals surface area contributed by atoms with Crippen molar-refractivity contribution in [1.29, 1.82) is 0 Å². The highest BCUT2D eigenvalue weighted by atomic mass is 16.6. The standard InChI is InChI=1S/C9H12O4/c1-5(10)12-4-8-6-2-3-7(6)9(11)13-8/h6-8H,2-4H2,1H3/t6-,7+,8-/m1/s1. The van der Waals surface area contributed by atoms with Crippen molar-refractivity contribution in [3.63, 3.8) is 0 Å². The largest absolute Gasteiger partial charge is 0.462 e. The van der Waals surface area contributed by atoms with Crippen molar-refractivity contribution >= 4 is 11.9 Å². The van der Waals surface area contributed by atoms with Gasteiger partial charge in [-0.05, 0) is 12.8 Å². The monoisotopic (exact) mass is 184 g/mol. The minimum absolute atomic E-state index is 0.0839. The molecule has 0 unspecified atom stereocenters. The number of esters is 2. The van der Waals surface area contributed by atoms with Crippen LogP contribution in [0.2, 0.25) is 0 Å². The third kappa shape index (κ3) is 1.41. The molecule has 0 N–H and O–H groups in total. The predicted molar refractivity (Wildman–Crippen MR) is 42.7 cm³/mol. The zero-order valence-corrected chi connectivity index (χ0v) is 7.49. The van der Waals surface area contributed by atoms with Gasteiger partial charge in [-0.2, -0.15) is 0 Å². The van der Waals surface area contributed by atoms with E-state index in [0.717, 1.165) is 12.8 Å². The van der Waals surface area contributed by atoms with Gasteiger partial charge < -0.3 is 9.47 Å². The molecule has 0 aromatic heterocycles. The van der Waals surface area contributed by atoms with Crippen molar-refractivity contribution < 1.29 is 19.1 Å². The molecule has 2 rings (SSSR count). The maximum atomic E-state index is 11.1. The maximum Gasteiger partial charge on any atom is 0.309 e. The molecule has 0 aromatic carbocycles. The zero-order chi connectivity index (χ0) is 9.42. The summed E-state index contributed by atoms with van der Waals surface area (Å²) in [5.74, 6) is -0.0559. The van der Waals surface area contributed by atoms with Crippen LogP contribution in [0.15, 0.2) is 0 Å². The molecule has 13 heavy (non-hydrogen) atoms. The van der Waals surface area contributed by atoms with E-state index in [1.165, 1.54) is 6.92 Å². The van der Waals surface area contributed by atoms with Crippen molar-refractivity contribution in [2.45, 2.75) is 25.9 Å². The van der Waals surface area contributed by atoms with Crippen LogP contribution >= 0.6 is 0 Å². The topological polar surface area (TPSA) is 52.6 Å². The van der Waals surface area contributed by atoms with E-state index >= 15 is 0 Å². The van der Waals surface area contributed by atoms with Crippen molar-refractivity contribution in [1.82, 2.24) is 0 Å². The number of ether oxygens (including phenoxy) is 2. The van der Waals surface area contributed by atoms with Crippen molar-refractivity contribution in [3.8, 4) is 0 Å². The summed E-state index contributed by atoms with van der Waals surface area (Å²) < 4.78 is 9.89. The first-order chi connectivity index (χ1) is 6.18. The second-order valence-electron chi connectivity index (χ2n) is 3.63. The second-order valence-corrected chi connectivity index (χ2v) is 3.63. The van der Waals surface area contributed by atoms with Crippen molar-refractivity contribution in [3.05, 3.63) is 0 Å². The molecule has 0 bridgehead atoms. The van der Waals surface area contributed by atoms with Gasteiger partial charge in [0.1, 0.15) is 12.7 Å². The average molecular weight is 184 g/mol. The lowest BCUT2D eigenvalue weighted by atomic mass is 9.73. The van der Waals surface area contributed by atoms with Crippen LogP contribution in [0.4, 0.5) is 0 Å². The summed E-state index contributed by atoms with van der Waals surface area (Å²) in [6.07, 6.45) is 1.76. The molecule has 1 saturated carbocycles. The lowest BCUT2D eigenvalue weighted by Gasteiger charge is -2.28. The third-order valence-electron chi connectivity index (χ3n) is 2.83. The highest BCUT2D eigenvalue weighted by molar-refractivity contribution is 5.76. The van der Waals surface area contributed by atoms with Gasteiger partial charge in [-0.3, -0.25) is 9.59 Å². The molecule has 1 aliphatic carbocycles. The summed E-state index contributed by atoms with van der Waals surface area (Å²) in [7, 11) is 0. The van der Waals surface area contributed by atoms with Gasteiger partial charge in [-0.1, -0.05) is 0 Å². The van der Waals surface area contributed by atoms with Gasteiger partial charge in [-0.15, -0.1) is 0 Å². The van der Waals surface area contributed by atoms with E-state index in [-0.39, 0.29) is 30.6 Å². The van der Waals surface area contributed by atoms with Gasteiger partial charge in [-0.25, -0.2) is 0 Å². The van der Waals surface area contributed by atoms with Crippen LogP contribution in [0.25, 0.3) is 0 Å². The predicted octanol–water partition coefficient (Wildman–Crippen LogP) is 0.501. The Balaban J connectivity index is 1.87.